The quantitative estimate of drug-likeness (QED) is 0.420. The third kappa shape index (κ3) is 1.66. The summed E-state index contributed by atoms with van der Waals surface area (Å²) in [6.07, 6.45) is 1.04. The monoisotopic (exact) mass is 157 g/mol. The molecule has 11 heavy (non-hydrogen) atoms. The van der Waals surface area contributed by atoms with E-state index in [2.05, 4.69) is 0 Å². The van der Waals surface area contributed by atoms with Crippen molar-refractivity contribution in [3.63, 3.8) is 0 Å². The third-order valence-electron chi connectivity index (χ3n) is 1.18. The molecule has 0 aromatic carbocycles. The average molecular weight is 157 g/mol. The second kappa shape index (κ2) is 2.85. The Labute approximate surface area is 61.5 Å². The summed E-state index contributed by atoms with van der Waals surface area (Å²) in [5, 5.41) is 17.0. The Morgan fingerprint density at radius 3 is 2.64 bits per heavy atom. The Bertz CT molecular complexity index is 311. The molecule has 1 aromatic heterocycles. The van der Waals surface area contributed by atoms with Gasteiger partial charge >= 0.3 is 7.12 Å². The number of H-pyrrole nitrogens is 1. The number of aromatic amines is 1. The molecule has 0 fully saturated rings. The summed E-state index contributed by atoms with van der Waals surface area (Å²) in [6, 6.07) is 0.767. The van der Waals surface area contributed by atoms with E-state index < -0.39 is 18.5 Å². The van der Waals surface area contributed by atoms with Crippen LogP contribution >= 0.6 is 0 Å². The Morgan fingerprint density at radius 1 is 1.55 bits per heavy atom. The molecule has 0 aliphatic carbocycles. The van der Waals surface area contributed by atoms with Crippen LogP contribution in [0.3, 0.4) is 0 Å². The van der Waals surface area contributed by atoms with Crippen molar-refractivity contribution < 1.29 is 14.4 Å². The fourth-order valence-corrected chi connectivity index (χ4v) is 0.620. The van der Waals surface area contributed by atoms with Crippen LogP contribution in [-0.4, -0.2) is 22.2 Å². The van der Waals surface area contributed by atoms with E-state index in [1.54, 1.807) is 0 Å². The molecule has 1 heterocycles. The van der Waals surface area contributed by atoms with Gasteiger partial charge in [-0.25, -0.2) is 4.39 Å². The van der Waals surface area contributed by atoms with Crippen LogP contribution in [0.25, 0.3) is 0 Å². The van der Waals surface area contributed by atoms with E-state index in [4.69, 9.17) is 10.0 Å². The summed E-state index contributed by atoms with van der Waals surface area (Å²) >= 11 is 0. The van der Waals surface area contributed by atoms with Gasteiger partial charge in [0.25, 0.3) is 5.56 Å². The van der Waals surface area contributed by atoms with Gasteiger partial charge in [-0.2, -0.15) is 0 Å². The van der Waals surface area contributed by atoms with Crippen molar-refractivity contribution in [1.82, 2.24) is 4.98 Å². The molecule has 0 bridgehead atoms. The lowest BCUT2D eigenvalue weighted by atomic mass is 9.82. The summed E-state index contributed by atoms with van der Waals surface area (Å²) < 4.78 is 12.4. The van der Waals surface area contributed by atoms with Crippen LogP contribution in [0.4, 0.5) is 4.39 Å². The molecule has 6 heteroatoms. The summed E-state index contributed by atoms with van der Waals surface area (Å²) in [5.74, 6) is -1.03. The number of pyridine rings is 1. The van der Waals surface area contributed by atoms with Crippen LogP contribution in [0, 0.1) is 5.82 Å². The highest BCUT2D eigenvalue weighted by atomic mass is 19.1. The fraction of sp³-hybridized carbons (Fsp3) is 0. The highest BCUT2D eigenvalue weighted by molar-refractivity contribution is 6.58. The van der Waals surface area contributed by atoms with Crippen molar-refractivity contribution in [1.29, 1.82) is 0 Å². The molecule has 0 aliphatic rings. The predicted octanol–water partition coefficient (Wildman–Crippen LogP) is -1.81. The van der Waals surface area contributed by atoms with E-state index in [0.717, 1.165) is 12.3 Å². The minimum atomic E-state index is -1.76. The van der Waals surface area contributed by atoms with E-state index in [1.807, 2.05) is 4.98 Å². The molecule has 0 amide bonds. The van der Waals surface area contributed by atoms with Crippen molar-refractivity contribution in [2.75, 3.05) is 0 Å². The van der Waals surface area contributed by atoms with Gasteiger partial charge < -0.3 is 15.0 Å². The summed E-state index contributed by atoms with van der Waals surface area (Å²) in [5.41, 5.74) is -0.962. The van der Waals surface area contributed by atoms with Crippen molar-refractivity contribution in [3.05, 3.63) is 28.4 Å². The van der Waals surface area contributed by atoms with Crippen molar-refractivity contribution in [2.24, 2.45) is 0 Å². The van der Waals surface area contributed by atoms with Crippen LogP contribution in [0.1, 0.15) is 0 Å². The van der Waals surface area contributed by atoms with E-state index in [-0.39, 0.29) is 5.46 Å². The largest absolute Gasteiger partial charge is 0.490 e. The molecule has 0 unspecified atom stereocenters. The lowest BCUT2D eigenvalue weighted by Gasteiger charge is -1.96. The summed E-state index contributed by atoms with van der Waals surface area (Å²) in [6.45, 7) is 0. The number of hydrogen-bond acceptors (Lipinski definition) is 3. The van der Waals surface area contributed by atoms with Crippen molar-refractivity contribution in [3.8, 4) is 0 Å². The zero-order chi connectivity index (χ0) is 8.43. The molecular weight excluding hydrogens is 152 g/mol. The van der Waals surface area contributed by atoms with E-state index in [9.17, 15) is 9.18 Å². The van der Waals surface area contributed by atoms with Gasteiger partial charge in [-0.3, -0.25) is 4.79 Å². The second-order valence-electron chi connectivity index (χ2n) is 1.98. The average Bonchev–Trinajstić information content (AvgIpc) is 1.94. The number of hydrogen-bond donors (Lipinski definition) is 3. The van der Waals surface area contributed by atoms with Gasteiger partial charge in [-0.15, -0.1) is 0 Å². The molecule has 1 aromatic rings. The molecule has 1 rings (SSSR count). The standard InChI is InChI=1S/C5H5BFNO3/c7-4-1-3(6(10)11)2-8-5(4)9/h1-2,10-11H,(H,8,9). The third-order valence-corrected chi connectivity index (χ3v) is 1.18. The fourth-order valence-electron chi connectivity index (χ4n) is 0.620. The molecule has 0 spiro atoms. The number of halogens is 1. The van der Waals surface area contributed by atoms with Crippen LogP contribution in [0.5, 0.6) is 0 Å². The molecule has 58 valence electrons. The van der Waals surface area contributed by atoms with Crippen LogP contribution in [0.2, 0.25) is 0 Å². The van der Waals surface area contributed by atoms with Gasteiger partial charge in [0.1, 0.15) is 0 Å². The van der Waals surface area contributed by atoms with Crippen LogP contribution in [0.15, 0.2) is 17.1 Å². The minimum Gasteiger partial charge on any atom is -0.423 e. The SMILES string of the molecule is O=c1[nH]cc(B(O)O)cc1F. The normalized spacial score (nSPS) is 9.73. The smallest absolute Gasteiger partial charge is 0.423 e. The van der Waals surface area contributed by atoms with Gasteiger partial charge in [0.05, 0.1) is 0 Å². The van der Waals surface area contributed by atoms with Gasteiger partial charge in [0.15, 0.2) is 5.82 Å². The second-order valence-corrected chi connectivity index (χ2v) is 1.98. The van der Waals surface area contributed by atoms with Gasteiger partial charge in [0, 0.05) is 11.7 Å². The first-order valence-electron chi connectivity index (χ1n) is 2.85. The zero-order valence-electron chi connectivity index (χ0n) is 5.41. The highest BCUT2D eigenvalue weighted by Crippen LogP contribution is 1.82. The van der Waals surface area contributed by atoms with Gasteiger partial charge in [-0.05, 0) is 6.07 Å². The van der Waals surface area contributed by atoms with Gasteiger partial charge in [0.2, 0.25) is 0 Å². The molecule has 0 saturated carbocycles. The molecule has 0 aliphatic heterocycles. The maximum absolute atomic E-state index is 12.4. The van der Waals surface area contributed by atoms with Crippen LogP contribution < -0.4 is 11.0 Å². The summed E-state index contributed by atoms with van der Waals surface area (Å²) in [7, 11) is -1.76. The number of nitrogens with one attached hydrogen (secondary N) is 1. The van der Waals surface area contributed by atoms with Crippen molar-refractivity contribution in [2.45, 2.75) is 0 Å². The highest BCUT2D eigenvalue weighted by Gasteiger charge is 2.12. The number of aromatic nitrogens is 1. The molecule has 0 saturated heterocycles. The van der Waals surface area contributed by atoms with E-state index in [0.29, 0.717) is 0 Å². The molecule has 0 radical (unpaired) electrons. The zero-order valence-corrected chi connectivity index (χ0v) is 5.41. The maximum Gasteiger partial charge on any atom is 0.490 e. The lowest BCUT2D eigenvalue weighted by molar-refractivity contribution is 0.425. The van der Waals surface area contributed by atoms with E-state index >= 15 is 0 Å². The molecule has 0 atom stereocenters. The lowest BCUT2D eigenvalue weighted by Crippen LogP contribution is -2.33. The maximum atomic E-state index is 12.4. The Kier molecular flexibility index (Phi) is 2.07. The molecular formula is C5H5BFNO3. The predicted molar refractivity (Wildman–Crippen MR) is 36.8 cm³/mol. The molecule has 4 nitrogen and oxygen atoms in total. The molecule has 3 N–H and O–H groups in total. The first-order chi connectivity index (χ1) is 5.11. The first kappa shape index (κ1) is 7.97. The topological polar surface area (TPSA) is 73.3 Å². The van der Waals surface area contributed by atoms with Gasteiger partial charge in [-0.1, -0.05) is 0 Å². The first-order valence-corrected chi connectivity index (χ1v) is 2.85. The summed E-state index contributed by atoms with van der Waals surface area (Å²) in [4.78, 5) is 12.4. The Morgan fingerprint density at radius 2 is 2.18 bits per heavy atom. The van der Waals surface area contributed by atoms with Crippen molar-refractivity contribution >= 4 is 12.6 Å². The minimum absolute atomic E-state index is 0.0814. The Hall–Kier alpha value is -1.14. The Balaban J connectivity index is 3.15. The van der Waals surface area contributed by atoms with Crippen LogP contribution in [-0.2, 0) is 0 Å². The van der Waals surface area contributed by atoms with E-state index in [1.165, 1.54) is 0 Å². The number of rotatable bonds is 1.